The van der Waals surface area contributed by atoms with Gasteiger partial charge in [0.25, 0.3) is 11.5 Å². The SMILES string of the molecule is Cc1cc(C)c(C(=O)N(CC(=O)O)C(C)(C)C)c(=O)[nH]1. The molecule has 0 aromatic carbocycles. The maximum absolute atomic E-state index is 12.5. The van der Waals surface area contributed by atoms with Gasteiger partial charge in [-0.15, -0.1) is 0 Å². The van der Waals surface area contributed by atoms with Gasteiger partial charge in [0, 0.05) is 11.2 Å². The summed E-state index contributed by atoms with van der Waals surface area (Å²) < 4.78 is 0. The van der Waals surface area contributed by atoms with Gasteiger partial charge in [-0.3, -0.25) is 14.4 Å². The lowest BCUT2D eigenvalue weighted by Crippen LogP contribution is -2.49. The number of carbonyl (C=O) groups is 2. The summed E-state index contributed by atoms with van der Waals surface area (Å²) in [6, 6.07) is 1.69. The molecule has 1 aromatic rings. The van der Waals surface area contributed by atoms with Crippen molar-refractivity contribution in [3.63, 3.8) is 0 Å². The largest absolute Gasteiger partial charge is 0.480 e. The minimum atomic E-state index is -1.12. The van der Waals surface area contributed by atoms with Crippen molar-refractivity contribution in [1.29, 1.82) is 0 Å². The van der Waals surface area contributed by atoms with Crippen molar-refractivity contribution in [2.24, 2.45) is 0 Å². The second kappa shape index (κ2) is 5.48. The van der Waals surface area contributed by atoms with Gasteiger partial charge >= 0.3 is 5.97 Å². The number of pyridine rings is 1. The predicted molar refractivity (Wildman–Crippen MR) is 75.0 cm³/mol. The highest BCUT2D eigenvalue weighted by Gasteiger charge is 2.31. The third-order valence-electron chi connectivity index (χ3n) is 2.93. The molecule has 0 radical (unpaired) electrons. The van der Waals surface area contributed by atoms with Crippen molar-refractivity contribution in [2.45, 2.75) is 40.2 Å². The Hall–Kier alpha value is -2.11. The second-order valence-electron chi connectivity index (χ2n) is 5.80. The van der Waals surface area contributed by atoms with Crippen molar-refractivity contribution in [1.82, 2.24) is 9.88 Å². The Morgan fingerprint density at radius 1 is 1.30 bits per heavy atom. The van der Waals surface area contributed by atoms with E-state index in [9.17, 15) is 14.4 Å². The van der Waals surface area contributed by atoms with Crippen LogP contribution >= 0.6 is 0 Å². The Bertz CT molecular complexity index is 596. The Balaban J connectivity index is 3.34. The van der Waals surface area contributed by atoms with Crippen molar-refractivity contribution >= 4 is 11.9 Å². The first-order valence-corrected chi connectivity index (χ1v) is 6.28. The summed E-state index contributed by atoms with van der Waals surface area (Å²) in [4.78, 5) is 39.2. The number of aliphatic carboxylic acids is 1. The van der Waals surface area contributed by atoms with E-state index >= 15 is 0 Å². The van der Waals surface area contributed by atoms with Crippen LogP contribution < -0.4 is 5.56 Å². The molecule has 110 valence electrons. The van der Waals surface area contributed by atoms with E-state index in [2.05, 4.69) is 4.98 Å². The lowest BCUT2D eigenvalue weighted by molar-refractivity contribution is -0.138. The van der Waals surface area contributed by atoms with Crippen LogP contribution in [-0.2, 0) is 4.79 Å². The number of carboxylic acid groups (broad SMARTS) is 1. The van der Waals surface area contributed by atoms with E-state index in [-0.39, 0.29) is 5.56 Å². The summed E-state index contributed by atoms with van der Waals surface area (Å²) in [6.45, 7) is 8.12. The molecule has 0 aliphatic rings. The lowest BCUT2D eigenvalue weighted by atomic mass is 10.0. The molecule has 1 amide bonds. The van der Waals surface area contributed by atoms with Crippen LogP contribution in [0.1, 0.15) is 42.4 Å². The molecule has 0 saturated carbocycles. The molecule has 0 unspecified atom stereocenters. The number of carbonyl (C=O) groups excluding carboxylic acids is 1. The maximum Gasteiger partial charge on any atom is 0.323 e. The first kappa shape index (κ1) is 15.9. The fourth-order valence-electron chi connectivity index (χ4n) is 2.00. The Morgan fingerprint density at radius 3 is 2.25 bits per heavy atom. The molecule has 0 bridgehead atoms. The number of hydrogen-bond acceptors (Lipinski definition) is 3. The number of aryl methyl sites for hydroxylation is 2. The number of aromatic amines is 1. The van der Waals surface area contributed by atoms with Crippen LogP contribution in [0.25, 0.3) is 0 Å². The normalized spacial score (nSPS) is 11.2. The minimum Gasteiger partial charge on any atom is -0.480 e. The van der Waals surface area contributed by atoms with Crippen molar-refractivity contribution < 1.29 is 14.7 Å². The molecule has 0 fully saturated rings. The van der Waals surface area contributed by atoms with Gasteiger partial charge in [0.1, 0.15) is 12.1 Å². The standard InChI is InChI=1S/C14H20N2O4/c1-8-6-9(2)15-12(19)11(8)13(20)16(7-10(17)18)14(3,4)5/h6H,7H2,1-5H3,(H,15,19)(H,17,18). The number of amides is 1. The topological polar surface area (TPSA) is 90.5 Å². The van der Waals surface area contributed by atoms with Gasteiger partial charge in [-0.1, -0.05) is 0 Å². The first-order valence-electron chi connectivity index (χ1n) is 6.28. The number of aromatic nitrogens is 1. The molecular formula is C14H20N2O4. The molecule has 6 nitrogen and oxygen atoms in total. The quantitative estimate of drug-likeness (QED) is 0.873. The molecule has 1 rings (SSSR count). The van der Waals surface area contributed by atoms with E-state index in [4.69, 9.17) is 5.11 Å². The van der Waals surface area contributed by atoms with E-state index in [0.29, 0.717) is 11.3 Å². The summed E-state index contributed by atoms with van der Waals surface area (Å²) in [6.07, 6.45) is 0. The lowest BCUT2D eigenvalue weighted by Gasteiger charge is -2.34. The number of H-pyrrole nitrogens is 1. The Morgan fingerprint density at radius 2 is 1.85 bits per heavy atom. The third kappa shape index (κ3) is 3.46. The van der Waals surface area contributed by atoms with Gasteiger partial charge in [0.05, 0.1) is 0 Å². The molecule has 0 saturated heterocycles. The van der Waals surface area contributed by atoms with Gasteiger partial charge in [0.2, 0.25) is 0 Å². The second-order valence-corrected chi connectivity index (χ2v) is 5.80. The third-order valence-corrected chi connectivity index (χ3v) is 2.93. The van der Waals surface area contributed by atoms with Gasteiger partial charge in [0.15, 0.2) is 0 Å². The van der Waals surface area contributed by atoms with Crippen LogP contribution in [0.2, 0.25) is 0 Å². The predicted octanol–water partition coefficient (Wildman–Crippen LogP) is 1.32. The van der Waals surface area contributed by atoms with Crippen LogP contribution in [0, 0.1) is 13.8 Å². The molecule has 0 aliphatic carbocycles. The van der Waals surface area contributed by atoms with E-state index in [0.717, 1.165) is 0 Å². The fourth-order valence-corrected chi connectivity index (χ4v) is 2.00. The highest BCUT2D eigenvalue weighted by Crippen LogP contribution is 2.17. The smallest absolute Gasteiger partial charge is 0.323 e. The van der Waals surface area contributed by atoms with E-state index in [1.54, 1.807) is 40.7 Å². The molecule has 1 heterocycles. The summed E-state index contributed by atoms with van der Waals surface area (Å²) in [5.74, 6) is -1.69. The first-order chi connectivity index (χ1) is 9.04. The molecule has 6 heteroatoms. The van der Waals surface area contributed by atoms with Crippen molar-refractivity contribution in [3.05, 3.63) is 33.2 Å². The zero-order valence-corrected chi connectivity index (χ0v) is 12.4. The summed E-state index contributed by atoms with van der Waals surface area (Å²) in [5, 5.41) is 8.95. The van der Waals surface area contributed by atoms with Crippen LogP contribution in [0.15, 0.2) is 10.9 Å². The average Bonchev–Trinajstić information content (AvgIpc) is 2.22. The van der Waals surface area contributed by atoms with Crippen LogP contribution in [0.4, 0.5) is 0 Å². The molecule has 0 aliphatic heterocycles. The monoisotopic (exact) mass is 280 g/mol. The zero-order chi connectivity index (χ0) is 15.7. The highest BCUT2D eigenvalue weighted by molar-refractivity contribution is 5.97. The molecule has 0 atom stereocenters. The van der Waals surface area contributed by atoms with E-state index < -0.39 is 29.5 Å². The number of nitrogens with one attached hydrogen (secondary N) is 1. The Labute approximate surface area is 117 Å². The van der Waals surface area contributed by atoms with Crippen LogP contribution in [0.3, 0.4) is 0 Å². The van der Waals surface area contributed by atoms with E-state index in [1.807, 2.05) is 0 Å². The number of rotatable bonds is 3. The molecule has 1 aromatic heterocycles. The van der Waals surface area contributed by atoms with Gasteiger partial charge in [-0.25, -0.2) is 0 Å². The fraction of sp³-hybridized carbons (Fsp3) is 0.500. The Kier molecular flexibility index (Phi) is 4.37. The van der Waals surface area contributed by atoms with Gasteiger partial charge in [-0.05, 0) is 46.2 Å². The molecule has 2 N–H and O–H groups in total. The molecule has 20 heavy (non-hydrogen) atoms. The highest BCUT2D eigenvalue weighted by atomic mass is 16.4. The van der Waals surface area contributed by atoms with Crippen molar-refractivity contribution in [2.75, 3.05) is 6.54 Å². The molecule has 0 spiro atoms. The maximum atomic E-state index is 12.5. The molecular weight excluding hydrogens is 260 g/mol. The summed E-state index contributed by atoms with van der Waals surface area (Å²) in [7, 11) is 0. The minimum absolute atomic E-state index is 0.00762. The zero-order valence-electron chi connectivity index (χ0n) is 12.4. The number of hydrogen-bond donors (Lipinski definition) is 2. The van der Waals surface area contributed by atoms with Crippen LogP contribution in [0.5, 0.6) is 0 Å². The van der Waals surface area contributed by atoms with Crippen LogP contribution in [-0.4, -0.2) is 39.0 Å². The van der Waals surface area contributed by atoms with E-state index in [1.165, 1.54) is 4.90 Å². The summed E-state index contributed by atoms with van der Waals surface area (Å²) >= 11 is 0. The average molecular weight is 280 g/mol. The number of carboxylic acids is 1. The van der Waals surface area contributed by atoms with Gasteiger partial charge in [-0.2, -0.15) is 0 Å². The van der Waals surface area contributed by atoms with Gasteiger partial charge < -0.3 is 15.0 Å². The summed E-state index contributed by atoms with van der Waals surface area (Å²) in [5.41, 5.74) is -0.00131. The van der Waals surface area contributed by atoms with Crippen molar-refractivity contribution in [3.8, 4) is 0 Å². The number of nitrogens with zero attached hydrogens (tertiary/aromatic N) is 1.